The lowest BCUT2D eigenvalue weighted by Gasteiger charge is -2.05. The number of hydrogen-bond acceptors (Lipinski definition) is 3. The van der Waals surface area contributed by atoms with Gasteiger partial charge in [-0.1, -0.05) is 41.4 Å². The molecular formula is C18H18ClF2N5O. The molecule has 3 rings (SSSR count). The van der Waals surface area contributed by atoms with Crippen LogP contribution in [0, 0.1) is 13.8 Å². The van der Waals surface area contributed by atoms with Crippen LogP contribution in [0.3, 0.4) is 0 Å². The van der Waals surface area contributed by atoms with Crippen LogP contribution in [0.15, 0.2) is 36.5 Å². The first kappa shape index (κ1) is 19.0. The number of nitrogens with zero attached hydrogens (tertiary/aromatic N) is 4. The van der Waals surface area contributed by atoms with Crippen LogP contribution in [-0.4, -0.2) is 25.5 Å². The number of alkyl halides is 2. The van der Waals surface area contributed by atoms with Crippen LogP contribution in [0.1, 0.15) is 28.9 Å². The predicted molar refractivity (Wildman–Crippen MR) is 98.1 cm³/mol. The Morgan fingerprint density at radius 2 is 2.04 bits per heavy atom. The molecule has 0 fully saturated rings. The van der Waals surface area contributed by atoms with Crippen molar-refractivity contribution in [1.82, 2.24) is 19.6 Å². The molecule has 0 radical (unpaired) electrons. The van der Waals surface area contributed by atoms with E-state index >= 15 is 0 Å². The van der Waals surface area contributed by atoms with Crippen molar-refractivity contribution in [2.24, 2.45) is 0 Å². The predicted octanol–water partition coefficient (Wildman–Crippen LogP) is 3.97. The third-order valence-electron chi connectivity index (χ3n) is 3.99. The van der Waals surface area contributed by atoms with E-state index in [0.29, 0.717) is 18.1 Å². The molecule has 0 spiro atoms. The maximum Gasteiger partial charge on any atom is 0.283 e. The monoisotopic (exact) mass is 393 g/mol. The lowest BCUT2D eigenvalue weighted by atomic mass is 10.1. The summed E-state index contributed by atoms with van der Waals surface area (Å²) in [6, 6.07) is 9.72. The molecule has 0 saturated heterocycles. The number of carbonyl (C=O) groups is 1. The number of aryl methyl sites for hydroxylation is 1. The molecule has 3 aromatic rings. The highest BCUT2D eigenvalue weighted by Gasteiger charge is 2.21. The maximum absolute atomic E-state index is 12.8. The van der Waals surface area contributed by atoms with Crippen molar-refractivity contribution in [3.05, 3.63) is 64.1 Å². The van der Waals surface area contributed by atoms with E-state index in [0.717, 1.165) is 15.8 Å². The van der Waals surface area contributed by atoms with E-state index in [9.17, 15) is 13.6 Å². The Morgan fingerprint density at radius 1 is 1.26 bits per heavy atom. The Labute approximate surface area is 159 Å². The fourth-order valence-corrected chi connectivity index (χ4v) is 2.89. The van der Waals surface area contributed by atoms with Crippen molar-refractivity contribution < 1.29 is 13.6 Å². The highest BCUT2D eigenvalue weighted by atomic mass is 35.5. The Hall–Kier alpha value is -2.74. The Kier molecular flexibility index (Phi) is 5.55. The van der Waals surface area contributed by atoms with Gasteiger partial charge in [0.1, 0.15) is 12.2 Å². The summed E-state index contributed by atoms with van der Waals surface area (Å²) in [7, 11) is 0. The fourth-order valence-electron chi connectivity index (χ4n) is 2.67. The van der Waals surface area contributed by atoms with Crippen LogP contribution in [-0.2, 0) is 17.9 Å². The SMILES string of the molecule is Cc1cccc(Cn2ccc(NC(=O)Cn3nc(C(F)F)c(Cl)c3C)n2)c1. The number of anilines is 1. The molecule has 0 unspecified atom stereocenters. The Balaban J connectivity index is 1.64. The third kappa shape index (κ3) is 4.51. The first-order valence-corrected chi connectivity index (χ1v) is 8.61. The summed E-state index contributed by atoms with van der Waals surface area (Å²) in [6.07, 6.45) is -1.04. The minimum atomic E-state index is -2.79. The first-order valence-electron chi connectivity index (χ1n) is 8.23. The molecule has 142 valence electrons. The van der Waals surface area contributed by atoms with Gasteiger partial charge in [0.25, 0.3) is 6.43 Å². The zero-order valence-corrected chi connectivity index (χ0v) is 15.5. The molecule has 0 atom stereocenters. The summed E-state index contributed by atoms with van der Waals surface area (Å²) in [5.74, 6) is -0.0588. The first-order chi connectivity index (χ1) is 12.8. The van der Waals surface area contributed by atoms with Gasteiger partial charge in [0.2, 0.25) is 5.91 Å². The van der Waals surface area contributed by atoms with Crippen molar-refractivity contribution in [3.63, 3.8) is 0 Å². The number of halogens is 3. The number of amides is 1. The largest absolute Gasteiger partial charge is 0.308 e. The average Bonchev–Trinajstić information content (AvgIpc) is 3.14. The zero-order chi connectivity index (χ0) is 19.6. The molecule has 6 nitrogen and oxygen atoms in total. The van der Waals surface area contributed by atoms with E-state index in [1.165, 1.54) is 6.92 Å². The number of carbonyl (C=O) groups excluding carboxylic acids is 1. The summed E-state index contributed by atoms with van der Waals surface area (Å²) in [5, 5.41) is 10.5. The lowest BCUT2D eigenvalue weighted by Crippen LogP contribution is -2.20. The van der Waals surface area contributed by atoms with Crippen molar-refractivity contribution in [2.75, 3.05) is 5.32 Å². The minimum Gasteiger partial charge on any atom is -0.308 e. The smallest absolute Gasteiger partial charge is 0.283 e. The number of hydrogen-bond donors (Lipinski definition) is 1. The van der Waals surface area contributed by atoms with E-state index in [1.807, 2.05) is 25.1 Å². The van der Waals surface area contributed by atoms with E-state index < -0.39 is 18.0 Å². The normalized spacial score (nSPS) is 11.2. The molecule has 0 aliphatic rings. The van der Waals surface area contributed by atoms with Gasteiger partial charge >= 0.3 is 0 Å². The fraction of sp³-hybridized carbons (Fsp3) is 0.278. The standard InChI is InChI=1S/C18H18ClF2N5O/c1-11-4-3-5-13(8-11)9-25-7-6-14(23-25)22-15(27)10-26-12(2)16(19)17(24-26)18(20)21/h3-8,18H,9-10H2,1-2H3,(H,22,23,27). The summed E-state index contributed by atoms with van der Waals surface area (Å²) < 4.78 is 28.5. The maximum atomic E-state index is 12.8. The summed E-state index contributed by atoms with van der Waals surface area (Å²) in [6.45, 7) is 3.89. The Bertz CT molecular complexity index is 967. The number of rotatable bonds is 6. The van der Waals surface area contributed by atoms with Gasteiger partial charge in [-0.15, -0.1) is 0 Å². The van der Waals surface area contributed by atoms with E-state index in [4.69, 9.17) is 11.6 Å². The van der Waals surface area contributed by atoms with Gasteiger partial charge in [-0.2, -0.15) is 10.2 Å². The van der Waals surface area contributed by atoms with Gasteiger partial charge < -0.3 is 5.32 Å². The van der Waals surface area contributed by atoms with Crippen LogP contribution in [0.2, 0.25) is 5.02 Å². The van der Waals surface area contributed by atoms with Gasteiger partial charge in [0.15, 0.2) is 5.82 Å². The molecule has 0 aliphatic heterocycles. The van der Waals surface area contributed by atoms with Gasteiger partial charge in [0, 0.05) is 12.3 Å². The molecule has 9 heteroatoms. The van der Waals surface area contributed by atoms with Crippen LogP contribution in [0.4, 0.5) is 14.6 Å². The topological polar surface area (TPSA) is 64.7 Å². The van der Waals surface area contributed by atoms with Crippen molar-refractivity contribution in [2.45, 2.75) is 33.4 Å². The quantitative estimate of drug-likeness (QED) is 0.689. The molecule has 0 aliphatic carbocycles. The second-order valence-electron chi connectivity index (χ2n) is 6.18. The molecule has 1 amide bonds. The number of aromatic nitrogens is 4. The lowest BCUT2D eigenvalue weighted by molar-refractivity contribution is -0.117. The zero-order valence-electron chi connectivity index (χ0n) is 14.8. The van der Waals surface area contributed by atoms with Crippen molar-refractivity contribution in [3.8, 4) is 0 Å². The van der Waals surface area contributed by atoms with E-state index in [-0.39, 0.29) is 11.6 Å². The third-order valence-corrected chi connectivity index (χ3v) is 4.46. The van der Waals surface area contributed by atoms with Crippen molar-refractivity contribution >= 4 is 23.3 Å². The van der Waals surface area contributed by atoms with Crippen LogP contribution in [0.5, 0.6) is 0 Å². The molecule has 0 bridgehead atoms. The molecule has 1 aromatic carbocycles. The molecule has 1 N–H and O–H groups in total. The summed E-state index contributed by atoms with van der Waals surface area (Å²) >= 11 is 5.83. The molecule has 2 heterocycles. The molecular weight excluding hydrogens is 376 g/mol. The van der Waals surface area contributed by atoms with E-state index in [1.54, 1.807) is 16.9 Å². The second kappa shape index (κ2) is 7.87. The molecule has 0 saturated carbocycles. The number of nitrogens with one attached hydrogen (secondary N) is 1. The highest BCUT2D eigenvalue weighted by molar-refractivity contribution is 6.31. The average molecular weight is 394 g/mol. The molecule has 2 aromatic heterocycles. The van der Waals surface area contributed by atoms with Gasteiger partial charge in [-0.25, -0.2) is 8.78 Å². The number of benzene rings is 1. The molecule has 27 heavy (non-hydrogen) atoms. The van der Waals surface area contributed by atoms with Crippen LogP contribution >= 0.6 is 11.6 Å². The van der Waals surface area contributed by atoms with Crippen LogP contribution in [0.25, 0.3) is 0 Å². The van der Waals surface area contributed by atoms with E-state index in [2.05, 4.69) is 21.6 Å². The minimum absolute atomic E-state index is 0.125. The summed E-state index contributed by atoms with van der Waals surface area (Å²) in [5.41, 5.74) is 2.04. The van der Waals surface area contributed by atoms with Gasteiger partial charge in [0.05, 0.1) is 17.3 Å². The van der Waals surface area contributed by atoms with Crippen molar-refractivity contribution in [1.29, 1.82) is 0 Å². The Morgan fingerprint density at radius 3 is 2.70 bits per heavy atom. The second-order valence-corrected chi connectivity index (χ2v) is 6.56. The van der Waals surface area contributed by atoms with Crippen LogP contribution < -0.4 is 5.32 Å². The van der Waals surface area contributed by atoms with Gasteiger partial charge in [-0.05, 0) is 19.4 Å². The van der Waals surface area contributed by atoms with Gasteiger partial charge in [-0.3, -0.25) is 14.2 Å². The highest BCUT2D eigenvalue weighted by Crippen LogP contribution is 2.28. The summed E-state index contributed by atoms with van der Waals surface area (Å²) in [4.78, 5) is 12.2.